The topological polar surface area (TPSA) is 111 Å². The molecule has 1 atom stereocenters. The standard InChI is InChI=1S/C25H30F3N7O/c26-25(27,28)24-32-21(34-12-8-19(16-30)9-13-34)14-22(33-24)35-11-1-2-20(35)23(36)31-10-7-17-3-5-18(15-29)6-4-17/h3-6,14,19-20H,1-2,7-13,16,30H2,(H,31,36)/t20-/m0/s1. The van der Waals surface area contributed by atoms with Crippen LogP contribution >= 0.6 is 0 Å². The number of nitrogens with zero attached hydrogens (tertiary/aromatic N) is 5. The lowest BCUT2D eigenvalue weighted by atomic mass is 9.97. The number of nitriles is 1. The van der Waals surface area contributed by atoms with E-state index in [9.17, 15) is 18.0 Å². The first kappa shape index (κ1) is 25.7. The smallest absolute Gasteiger partial charge is 0.356 e. The molecule has 11 heteroatoms. The van der Waals surface area contributed by atoms with Gasteiger partial charge in [-0.1, -0.05) is 12.1 Å². The number of carbonyl (C=O) groups is 1. The van der Waals surface area contributed by atoms with Crippen LogP contribution in [0.15, 0.2) is 30.3 Å². The summed E-state index contributed by atoms with van der Waals surface area (Å²) in [5.74, 6) is -0.713. The summed E-state index contributed by atoms with van der Waals surface area (Å²) in [6.07, 6.45) is -1.31. The molecule has 0 aliphatic carbocycles. The minimum absolute atomic E-state index is 0.123. The molecular formula is C25H30F3N7O. The molecule has 0 radical (unpaired) electrons. The molecule has 0 saturated carbocycles. The van der Waals surface area contributed by atoms with Crippen LogP contribution in [0, 0.1) is 17.2 Å². The van der Waals surface area contributed by atoms with Crippen LogP contribution in [0.1, 0.15) is 42.6 Å². The largest absolute Gasteiger partial charge is 0.451 e. The number of nitrogens with two attached hydrogens (primary N) is 1. The molecule has 0 spiro atoms. The Bertz CT molecular complexity index is 1090. The van der Waals surface area contributed by atoms with Crippen molar-refractivity contribution in [2.24, 2.45) is 11.7 Å². The van der Waals surface area contributed by atoms with Crippen LogP contribution in [0.25, 0.3) is 0 Å². The van der Waals surface area contributed by atoms with E-state index in [1.165, 1.54) is 0 Å². The van der Waals surface area contributed by atoms with Crippen LogP contribution in [-0.4, -0.2) is 54.6 Å². The molecule has 1 amide bonds. The van der Waals surface area contributed by atoms with E-state index < -0.39 is 18.0 Å². The molecule has 2 aromatic rings. The first-order valence-corrected chi connectivity index (χ1v) is 12.2. The normalized spacial score (nSPS) is 18.8. The van der Waals surface area contributed by atoms with Gasteiger partial charge in [0.2, 0.25) is 11.7 Å². The molecule has 3 N–H and O–H groups in total. The van der Waals surface area contributed by atoms with E-state index in [2.05, 4.69) is 21.4 Å². The van der Waals surface area contributed by atoms with Crippen molar-refractivity contribution in [2.75, 3.05) is 42.5 Å². The van der Waals surface area contributed by atoms with Crippen LogP contribution in [-0.2, 0) is 17.4 Å². The third-order valence-corrected chi connectivity index (χ3v) is 6.87. The molecule has 0 unspecified atom stereocenters. The number of anilines is 2. The number of carbonyl (C=O) groups excluding carboxylic acids is 1. The fourth-order valence-corrected chi connectivity index (χ4v) is 4.76. The van der Waals surface area contributed by atoms with Gasteiger partial charge in [-0.3, -0.25) is 4.79 Å². The fraction of sp³-hybridized carbons (Fsp3) is 0.520. The molecule has 8 nitrogen and oxygen atoms in total. The number of aromatic nitrogens is 2. The summed E-state index contributed by atoms with van der Waals surface area (Å²) in [6.45, 7) is 2.54. The van der Waals surface area contributed by atoms with Crippen molar-refractivity contribution in [1.29, 1.82) is 5.26 Å². The van der Waals surface area contributed by atoms with Crippen molar-refractivity contribution in [3.63, 3.8) is 0 Å². The highest BCUT2D eigenvalue weighted by atomic mass is 19.4. The van der Waals surface area contributed by atoms with E-state index in [-0.39, 0.29) is 17.5 Å². The third-order valence-electron chi connectivity index (χ3n) is 6.87. The Morgan fingerprint density at radius 2 is 1.81 bits per heavy atom. The highest BCUT2D eigenvalue weighted by Gasteiger charge is 2.38. The Morgan fingerprint density at radius 1 is 1.11 bits per heavy atom. The number of piperidine rings is 1. The van der Waals surface area contributed by atoms with Gasteiger partial charge < -0.3 is 20.9 Å². The Balaban J connectivity index is 1.47. The SMILES string of the molecule is N#Cc1ccc(CCNC(=O)[C@@H]2CCCN2c2cc(N3CCC(CN)CC3)nc(C(F)(F)F)n2)cc1. The molecule has 1 aromatic heterocycles. The number of amides is 1. The maximum absolute atomic E-state index is 13.7. The fourth-order valence-electron chi connectivity index (χ4n) is 4.76. The van der Waals surface area contributed by atoms with Gasteiger partial charge in [0, 0.05) is 32.2 Å². The lowest BCUT2D eigenvalue weighted by Crippen LogP contribution is -2.44. The third kappa shape index (κ3) is 6.05. The second-order valence-corrected chi connectivity index (χ2v) is 9.27. The highest BCUT2D eigenvalue weighted by molar-refractivity contribution is 5.85. The summed E-state index contributed by atoms with van der Waals surface area (Å²) in [6, 6.07) is 10.2. The molecule has 2 fully saturated rings. The maximum Gasteiger partial charge on any atom is 0.451 e. The molecule has 2 aliphatic heterocycles. The average molecular weight is 502 g/mol. The number of rotatable bonds is 7. The number of halogens is 3. The summed E-state index contributed by atoms with van der Waals surface area (Å²) in [7, 11) is 0. The molecule has 3 heterocycles. The van der Waals surface area contributed by atoms with Crippen molar-refractivity contribution >= 4 is 17.5 Å². The maximum atomic E-state index is 13.7. The zero-order valence-corrected chi connectivity index (χ0v) is 20.0. The van der Waals surface area contributed by atoms with E-state index in [1.54, 1.807) is 23.1 Å². The van der Waals surface area contributed by atoms with Gasteiger partial charge in [-0.15, -0.1) is 0 Å². The van der Waals surface area contributed by atoms with E-state index in [0.717, 1.165) is 18.4 Å². The van der Waals surface area contributed by atoms with Crippen molar-refractivity contribution in [3.8, 4) is 6.07 Å². The number of nitrogens with one attached hydrogen (secondary N) is 1. The highest BCUT2D eigenvalue weighted by Crippen LogP contribution is 2.33. The van der Waals surface area contributed by atoms with Gasteiger partial charge in [0.25, 0.3) is 0 Å². The van der Waals surface area contributed by atoms with Gasteiger partial charge in [-0.05, 0) is 62.3 Å². The molecule has 0 bridgehead atoms. The molecular weight excluding hydrogens is 471 g/mol. The van der Waals surface area contributed by atoms with Crippen molar-refractivity contribution in [1.82, 2.24) is 15.3 Å². The lowest BCUT2D eigenvalue weighted by Gasteiger charge is -2.33. The number of hydrogen-bond donors (Lipinski definition) is 2. The molecule has 192 valence electrons. The summed E-state index contributed by atoms with van der Waals surface area (Å²) < 4.78 is 41.0. The minimum Gasteiger partial charge on any atom is -0.356 e. The first-order chi connectivity index (χ1) is 17.3. The predicted octanol–water partition coefficient (Wildman–Crippen LogP) is 2.87. The van der Waals surface area contributed by atoms with Crippen molar-refractivity contribution in [3.05, 3.63) is 47.3 Å². The zero-order chi connectivity index (χ0) is 25.7. The lowest BCUT2D eigenvalue weighted by molar-refractivity contribution is -0.144. The van der Waals surface area contributed by atoms with Gasteiger partial charge in [0.1, 0.15) is 17.7 Å². The van der Waals surface area contributed by atoms with Gasteiger partial charge in [-0.2, -0.15) is 18.4 Å². The van der Waals surface area contributed by atoms with E-state index >= 15 is 0 Å². The summed E-state index contributed by atoms with van der Waals surface area (Å²) in [5.41, 5.74) is 7.29. The number of hydrogen-bond acceptors (Lipinski definition) is 7. The van der Waals surface area contributed by atoms with Crippen LogP contribution in [0.5, 0.6) is 0 Å². The molecule has 1 aromatic carbocycles. The Morgan fingerprint density at radius 3 is 2.44 bits per heavy atom. The van der Waals surface area contributed by atoms with Gasteiger partial charge in [-0.25, -0.2) is 9.97 Å². The average Bonchev–Trinajstić information content (AvgIpc) is 3.39. The molecule has 36 heavy (non-hydrogen) atoms. The van der Waals surface area contributed by atoms with Crippen LogP contribution in [0.3, 0.4) is 0 Å². The molecule has 4 rings (SSSR count). The van der Waals surface area contributed by atoms with Crippen LogP contribution in [0.4, 0.5) is 24.8 Å². The number of alkyl halides is 3. The van der Waals surface area contributed by atoms with Gasteiger partial charge in [0.15, 0.2) is 0 Å². The van der Waals surface area contributed by atoms with Gasteiger partial charge >= 0.3 is 6.18 Å². The minimum atomic E-state index is -4.70. The molecule has 2 aliphatic rings. The second-order valence-electron chi connectivity index (χ2n) is 9.27. The summed E-state index contributed by atoms with van der Waals surface area (Å²) >= 11 is 0. The summed E-state index contributed by atoms with van der Waals surface area (Å²) in [4.78, 5) is 24.1. The molecule has 2 saturated heterocycles. The Hall–Kier alpha value is -3.39. The summed E-state index contributed by atoms with van der Waals surface area (Å²) in [5, 5.41) is 11.8. The van der Waals surface area contributed by atoms with E-state index in [1.807, 2.05) is 17.0 Å². The van der Waals surface area contributed by atoms with E-state index in [4.69, 9.17) is 11.0 Å². The monoisotopic (exact) mass is 501 g/mol. The van der Waals surface area contributed by atoms with Crippen LogP contribution < -0.4 is 20.9 Å². The zero-order valence-electron chi connectivity index (χ0n) is 20.0. The second kappa shape index (κ2) is 11.1. The van der Waals surface area contributed by atoms with Crippen molar-refractivity contribution in [2.45, 2.75) is 44.3 Å². The van der Waals surface area contributed by atoms with Crippen molar-refractivity contribution < 1.29 is 18.0 Å². The first-order valence-electron chi connectivity index (χ1n) is 12.2. The quantitative estimate of drug-likeness (QED) is 0.600. The van der Waals surface area contributed by atoms with Gasteiger partial charge in [0.05, 0.1) is 11.6 Å². The Kier molecular flexibility index (Phi) is 7.94. The predicted molar refractivity (Wildman–Crippen MR) is 129 cm³/mol. The number of benzene rings is 1. The Labute approximate surface area is 208 Å². The van der Waals surface area contributed by atoms with E-state index in [0.29, 0.717) is 63.5 Å². The van der Waals surface area contributed by atoms with Crippen LogP contribution in [0.2, 0.25) is 0 Å².